The number of nitrogens with zero attached hydrogens (tertiary/aromatic N) is 15. The Labute approximate surface area is 496 Å². The summed E-state index contributed by atoms with van der Waals surface area (Å²) in [7, 11) is 0. The number of anilines is 4. The van der Waals surface area contributed by atoms with E-state index in [0.29, 0.717) is 12.1 Å². The number of imidazole rings is 2. The summed E-state index contributed by atoms with van der Waals surface area (Å²) in [5, 5.41) is 13.5. The minimum Gasteiger partial charge on any atom is -0.444 e. The summed E-state index contributed by atoms with van der Waals surface area (Å²) >= 11 is 0. The lowest BCUT2D eigenvalue weighted by atomic mass is 10.0. The number of benzene rings is 2. The van der Waals surface area contributed by atoms with Crippen molar-refractivity contribution < 1.29 is 18.3 Å². The zero-order chi connectivity index (χ0) is 58.0. The van der Waals surface area contributed by atoms with Crippen molar-refractivity contribution in [3.63, 3.8) is 0 Å². The van der Waals surface area contributed by atoms with Gasteiger partial charge in [0.05, 0.1) is 35.9 Å². The van der Waals surface area contributed by atoms with Crippen molar-refractivity contribution in [1.29, 1.82) is 0 Å². The number of piperidine rings is 2. The van der Waals surface area contributed by atoms with Gasteiger partial charge in [0.2, 0.25) is 0 Å². The third kappa shape index (κ3) is 12.5. The van der Waals surface area contributed by atoms with Gasteiger partial charge in [-0.05, 0) is 169 Å². The van der Waals surface area contributed by atoms with Crippen LogP contribution in [-0.2, 0) is 4.74 Å². The second kappa shape index (κ2) is 24.7. The highest BCUT2D eigenvalue weighted by Crippen LogP contribution is 2.38. The Morgan fingerprint density at radius 2 is 0.976 bits per heavy atom. The third-order valence-electron chi connectivity index (χ3n) is 18.0. The van der Waals surface area contributed by atoms with E-state index in [1.54, 1.807) is 24.3 Å². The molecule has 6 aliphatic heterocycles. The molecule has 1 N–H and O–H groups in total. The molecule has 2 atom stereocenters. The number of pyridine rings is 2. The normalized spacial score (nSPS) is 20.6. The van der Waals surface area contributed by atoms with Crippen LogP contribution >= 0.6 is 0 Å². The van der Waals surface area contributed by atoms with Crippen LogP contribution in [0.3, 0.4) is 0 Å². The van der Waals surface area contributed by atoms with Gasteiger partial charge in [-0.3, -0.25) is 9.80 Å². The number of hydrogen-bond acceptors (Lipinski definition) is 15. The maximum Gasteiger partial charge on any atom is 0.410 e. The summed E-state index contributed by atoms with van der Waals surface area (Å²) in [5.74, 6) is 3.28. The largest absolute Gasteiger partial charge is 0.444 e. The molecule has 8 aromatic rings. The van der Waals surface area contributed by atoms with Crippen LogP contribution < -0.4 is 24.9 Å². The Morgan fingerprint density at radius 1 is 0.518 bits per heavy atom. The fraction of sp³-hybridized carbons (Fsp3) is 0.462. The van der Waals surface area contributed by atoms with Crippen molar-refractivity contribution in [2.75, 3.05) is 111 Å². The van der Waals surface area contributed by atoms with Crippen LogP contribution in [0.5, 0.6) is 0 Å². The number of piperazine rings is 2. The number of carbonyl (C=O) groups excluding carboxylic acids is 1. The summed E-state index contributed by atoms with van der Waals surface area (Å²) in [5.41, 5.74) is 6.48. The molecule has 6 aliphatic rings. The number of halogens is 2. The lowest BCUT2D eigenvalue weighted by Crippen LogP contribution is -2.54. The zero-order valence-corrected chi connectivity index (χ0v) is 49.2. The maximum atomic E-state index is 14.0. The van der Waals surface area contributed by atoms with Gasteiger partial charge in [0, 0.05) is 90.6 Å². The predicted octanol–water partition coefficient (Wildman–Crippen LogP) is 9.94. The summed E-state index contributed by atoms with van der Waals surface area (Å²) in [6.07, 6.45) is 11.9. The molecule has 6 saturated heterocycles. The number of amides is 1. The number of ether oxygens (including phenoxy) is 1. The molecular weight excluding hydrogens is 1070 g/mol. The molecule has 6 fully saturated rings. The number of likely N-dealkylation sites (tertiary alicyclic amines) is 1. The van der Waals surface area contributed by atoms with Crippen LogP contribution in [0.1, 0.15) is 95.3 Å². The minimum atomic E-state index is -0.469. The number of fused-ring (bicyclic) bond motifs is 2. The molecule has 18 nitrogen and oxygen atoms in total. The lowest BCUT2D eigenvalue weighted by molar-refractivity contribution is 0.0139. The molecule has 0 saturated carbocycles. The molecule has 12 heterocycles. The van der Waals surface area contributed by atoms with Gasteiger partial charge in [0.15, 0.2) is 11.3 Å². The van der Waals surface area contributed by atoms with Crippen LogP contribution in [0.2, 0.25) is 0 Å². The van der Waals surface area contributed by atoms with Crippen molar-refractivity contribution >= 4 is 40.7 Å². The average Bonchev–Trinajstić information content (AvgIpc) is 4.51. The second-order valence-corrected chi connectivity index (χ2v) is 24.5. The van der Waals surface area contributed by atoms with Gasteiger partial charge >= 0.3 is 6.09 Å². The molecule has 444 valence electrons. The first-order chi connectivity index (χ1) is 41.4. The second-order valence-electron chi connectivity index (χ2n) is 24.5. The van der Waals surface area contributed by atoms with E-state index in [9.17, 15) is 13.6 Å². The summed E-state index contributed by atoms with van der Waals surface area (Å²) in [6.45, 7) is 19.1. The summed E-state index contributed by atoms with van der Waals surface area (Å²) in [4.78, 5) is 48.3. The van der Waals surface area contributed by atoms with Crippen LogP contribution in [0.15, 0.2) is 122 Å². The van der Waals surface area contributed by atoms with E-state index < -0.39 is 5.60 Å². The molecule has 1 amide bonds. The van der Waals surface area contributed by atoms with E-state index in [4.69, 9.17) is 24.9 Å². The highest BCUT2D eigenvalue weighted by Gasteiger charge is 2.34. The molecular formula is C65H78F2N16O2. The topological polar surface area (TPSA) is 147 Å². The highest BCUT2D eigenvalue weighted by molar-refractivity contribution is 5.68. The number of aromatic nitrogens is 8. The quantitative estimate of drug-likeness (QED) is 0.138. The fourth-order valence-corrected chi connectivity index (χ4v) is 13.6. The van der Waals surface area contributed by atoms with Crippen LogP contribution in [0, 0.1) is 11.6 Å². The molecule has 20 heteroatoms. The third-order valence-corrected chi connectivity index (χ3v) is 18.0. The first kappa shape index (κ1) is 56.3. The van der Waals surface area contributed by atoms with E-state index >= 15 is 0 Å². The lowest BCUT2D eigenvalue weighted by Gasteiger charge is -2.43. The zero-order valence-electron chi connectivity index (χ0n) is 49.2. The Bertz CT molecular complexity index is 3600. The average molecular weight is 1150 g/mol. The van der Waals surface area contributed by atoms with Crippen LogP contribution in [0.25, 0.3) is 34.1 Å². The summed E-state index contributed by atoms with van der Waals surface area (Å²) in [6, 6.07) is 35.7. The van der Waals surface area contributed by atoms with Gasteiger partial charge in [-0.15, -0.1) is 10.2 Å². The van der Waals surface area contributed by atoms with E-state index in [-0.39, 0.29) is 29.8 Å². The van der Waals surface area contributed by atoms with E-state index in [2.05, 4.69) is 68.9 Å². The van der Waals surface area contributed by atoms with Gasteiger partial charge in [-0.25, -0.2) is 42.5 Å². The van der Waals surface area contributed by atoms with Gasteiger partial charge in [0.25, 0.3) is 0 Å². The van der Waals surface area contributed by atoms with Crippen LogP contribution in [-0.4, -0.2) is 169 Å². The SMILES string of the molecule is CC(C)(C)OC(=O)N1CCC(N2CCN(c3cccc(-c4cnc5ccc(N6CCC[C@@H]6c6cccc(F)c6)nn45)n3)CC2)CC1.Fc1cccc([C@H]2CCCN2c2ccc3ncc(-c4cccc(N5CCN(C6CCNCC6)CC5)n4)n3n2)c1. The van der Waals surface area contributed by atoms with Gasteiger partial charge in [0.1, 0.15) is 51.9 Å². The van der Waals surface area contributed by atoms with Crippen molar-refractivity contribution in [1.82, 2.24) is 59.2 Å². The minimum absolute atomic E-state index is 0.0882. The van der Waals surface area contributed by atoms with E-state index in [1.165, 1.54) is 25.0 Å². The Hall–Kier alpha value is -7.81. The van der Waals surface area contributed by atoms with Gasteiger partial charge in [-0.2, -0.15) is 0 Å². The standard InChI is InChI=1S/C35H43FN8O2.C30H35FN8/c1-35(2,3)46-34(45)42-17-14-27(15-18-42)40-19-21-41(22-20-40)32-11-5-9-28(38-32)30-24-37-31-12-13-33(39-44(30)31)43-16-6-10-29(43)25-7-4-8-26(36)23-25;31-23-5-1-4-22(20-23)26-7-3-15-38(26)30-10-9-28-33-21-27(39(28)35-30)25-6-2-8-29(34-25)37-18-16-36(17-19-37)24-11-13-32-14-12-24/h4-5,7-9,11-13,23-24,27,29H,6,10,14-22H2,1-3H3;1-2,4-6,8-10,20-21,24,26,32H,3,7,11-19H2/t29-;26-/m11/s1. The number of rotatable bonds is 10. The van der Waals surface area contributed by atoms with Crippen LogP contribution in [0.4, 0.5) is 36.8 Å². The molecule has 6 aromatic heterocycles. The molecule has 0 bridgehead atoms. The van der Waals surface area contributed by atoms with Crippen molar-refractivity contribution in [2.24, 2.45) is 0 Å². The predicted molar refractivity (Wildman–Crippen MR) is 328 cm³/mol. The number of nitrogens with one attached hydrogen (secondary N) is 1. The molecule has 0 spiro atoms. The highest BCUT2D eigenvalue weighted by atomic mass is 19.1. The fourth-order valence-electron chi connectivity index (χ4n) is 13.6. The van der Waals surface area contributed by atoms with Crippen molar-refractivity contribution in [3.8, 4) is 22.8 Å². The number of hydrogen-bond donors (Lipinski definition) is 1. The molecule has 0 aliphatic carbocycles. The molecule has 0 radical (unpaired) electrons. The Kier molecular flexibility index (Phi) is 16.3. The molecule has 85 heavy (non-hydrogen) atoms. The Morgan fingerprint density at radius 3 is 1.44 bits per heavy atom. The van der Waals surface area contributed by atoms with Crippen molar-refractivity contribution in [3.05, 3.63) is 144 Å². The first-order valence-electron chi connectivity index (χ1n) is 30.8. The first-order valence-corrected chi connectivity index (χ1v) is 30.8. The molecule has 0 unspecified atom stereocenters. The smallest absolute Gasteiger partial charge is 0.410 e. The monoisotopic (exact) mass is 1150 g/mol. The molecule has 14 rings (SSSR count). The van der Waals surface area contributed by atoms with E-state index in [0.717, 1.165) is 199 Å². The Balaban J connectivity index is 0.000000160. The molecule has 2 aromatic carbocycles. The van der Waals surface area contributed by atoms with Gasteiger partial charge in [-0.1, -0.05) is 36.4 Å². The number of carbonyl (C=O) groups is 1. The maximum absolute atomic E-state index is 14.0. The van der Waals surface area contributed by atoms with Gasteiger partial charge < -0.3 is 34.6 Å². The van der Waals surface area contributed by atoms with Crippen molar-refractivity contribution in [2.45, 2.75) is 102 Å². The van der Waals surface area contributed by atoms with E-state index in [1.807, 2.05) is 95.6 Å². The summed E-state index contributed by atoms with van der Waals surface area (Å²) < 4.78 is 37.4.